The van der Waals surface area contributed by atoms with E-state index in [9.17, 15) is 14.4 Å². The Kier molecular flexibility index (Phi) is 6.29. The van der Waals surface area contributed by atoms with Crippen LogP contribution in [0.2, 0.25) is 0 Å². The van der Waals surface area contributed by atoms with Gasteiger partial charge in [-0.2, -0.15) is 4.98 Å². The molecule has 0 saturated carbocycles. The van der Waals surface area contributed by atoms with Crippen LogP contribution in [-0.4, -0.2) is 56.8 Å². The third-order valence-corrected chi connectivity index (χ3v) is 8.34. The number of hydrogen-bond donors (Lipinski definition) is 1. The van der Waals surface area contributed by atoms with Crippen LogP contribution in [0.3, 0.4) is 0 Å². The van der Waals surface area contributed by atoms with Crippen LogP contribution in [0.15, 0.2) is 47.3 Å². The molecule has 202 valence electrons. The number of hydrogen-bond acceptors (Lipinski definition) is 7. The van der Waals surface area contributed by atoms with Gasteiger partial charge in [0.05, 0.1) is 6.54 Å². The molecule has 6 rings (SSSR count). The highest BCUT2D eigenvalue weighted by Gasteiger charge is 2.43. The zero-order chi connectivity index (χ0) is 27.3. The lowest BCUT2D eigenvalue weighted by atomic mass is 9.70. The highest BCUT2D eigenvalue weighted by Crippen LogP contribution is 2.45. The molecule has 9 nitrogen and oxygen atoms in total. The standard InChI is InChI=1S/C29H30FN5O4/c1-29(2)15-34(13-17-3-5-18(6-4-17)26-31-16-39-33-26)12-11-22(29)20-8-7-19-21(25(20)30)14-35(28(19)38)23-9-10-24(36)32-27(23)37/h3-8,16,22-23H,9-15H2,1-2H3,(H,32,36,37). The Labute approximate surface area is 225 Å². The van der Waals surface area contributed by atoms with Crippen LogP contribution in [0.5, 0.6) is 0 Å². The van der Waals surface area contributed by atoms with E-state index in [1.807, 2.05) is 12.1 Å². The molecule has 1 N–H and O–H groups in total. The van der Waals surface area contributed by atoms with Crippen LogP contribution in [0.25, 0.3) is 11.4 Å². The van der Waals surface area contributed by atoms with Crippen LogP contribution in [-0.2, 0) is 22.7 Å². The summed E-state index contributed by atoms with van der Waals surface area (Å²) >= 11 is 0. The third-order valence-electron chi connectivity index (χ3n) is 8.34. The number of imide groups is 1. The van der Waals surface area contributed by atoms with Gasteiger partial charge in [0, 0.05) is 36.2 Å². The van der Waals surface area contributed by atoms with Crippen LogP contribution in [0.4, 0.5) is 4.39 Å². The lowest BCUT2D eigenvalue weighted by Gasteiger charge is -2.45. The number of piperidine rings is 2. The molecule has 3 amide bonds. The molecule has 2 saturated heterocycles. The number of carbonyl (C=O) groups is 3. The van der Waals surface area contributed by atoms with Crippen molar-refractivity contribution >= 4 is 17.7 Å². The minimum Gasteiger partial charge on any atom is -0.342 e. The predicted octanol–water partition coefficient (Wildman–Crippen LogP) is 3.65. The normalized spacial score (nSPS) is 23.2. The summed E-state index contributed by atoms with van der Waals surface area (Å²) in [5.41, 5.74) is 3.15. The van der Waals surface area contributed by atoms with Gasteiger partial charge < -0.3 is 9.42 Å². The molecule has 2 unspecified atom stereocenters. The first-order valence-corrected chi connectivity index (χ1v) is 13.3. The summed E-state index contributed by atoms with van der Waals surface area (Å²) in [4.78, 5) is 44.9. The number of halogens is 1. The van der Waals surface area contributed by atoms with Crippen molar-refractivity contribution < 1.29 is 23.3 Å². The first-order chi connectivity index (χ1) is 18.7. The van der Waals surface area contributed by atoms with Gasteiger partial charge in [-0.25, -0.2) is 4.39 Å². The molecule has 0 spiro atoms. The molecular formula is C29H30FN5O4. The fraction of sp³-hybridized carbons (Fsp3) is 0.414. The van der Waals surface area contributed by atoms with Gasteiger partial charge >= 0.3 is 0 Å². The summed E-state index contributed by atoms with van der Waals surface area (Å²) in [5, 5.41) is 6.17. The maximum absolute atomic E-state index is 16.0. The highest BCUT2D eigenvalue weighted by molar-refractivity contribution is 6.05. The van der Waals surface area contributed by atoms with E-state index in [1.54, 1.807) is 12.1 Å². The van der Waals surface area contributed by atoms with Gasteiger partial charge in [-0.05, 0) is 47.9 Å². The Balaban J connectivity index is 1.16. The van der Waals surface area contributed by atoms with Crippen LogP contribution < -0.4 is 5.32 Å². The molecule has 0 aliphatic carbocycles. The van der Waals surface area contributed by atoms with E-state index < -0.39 is 11.9 Å². The molecule has 3 aliphatic rings. The van der Waals surface area contributed by atoms with Gasteiger partial charge in [-0.15, -0.1) is 0 Å². The summed E-state index contributed by atoms with van der Waals surface area (Å²) in [6.07, 6.45) is 2.52. The maximum Gasteiger partial charge on any atom is 0.255 e. The van der Waals surface area contributed by atoms with Crippen molar-refractivity contribution in [2.45, 2.75) is 58.2 Å². The van der Waals surface area contributed by atoms with Crippen molar-refractivity contribution in [3.8, 4) is 11.4 Å². The number of likely N-dealkylation sites (tertiary alicyclic amines) is 1. The molecule has 3 aliphatic heterocycles. The number of amides is 3. The van der Waals surface area contributed by atoms with Crippen molar-refractivity contribution in [3.63, 3.8) is 0 Å². The van der Waals surface area contributed by atoms with E-state index in [4.69, 9.17) is 4.52 Å². The molecule has 0 radical (unpaired) electrons. The fourth-order valence-electron chi connectivity index (χ4n) is 6.39. The van der Waals surface area contributed by atoms with Crippen LogP contribution >= 0.6 is 0 Å². The molecule has 2 fully saturated rings. The van der Waals surface area contributed by atoms with Gasteiger partial charge in [-0.3, -0.25) is 24.6 Å². The lowest BCUT2D eigenvalue weighted by molar-refractivity contribution is -0.136. The number of aromatic nitrogens is 2. The zero-order valence-corrected chi connectivity index (χ0v) is 21.9. The summed E-state index contributed by atoms with van der Waals surface area (Å²) in [6, 6.07) is 10.8. The van der Waals surface area contributed by atoms with Gasteiger partial charge in [-0.1, -0.05) is 49.3 Å². The molecule has 2 aromatic carbocycles. The Hall–Kier alpha value is -3.92. The largest absolute Gasteiger partial charge is 0.342 e. The summed E-state index contributed by atoms with van der Waals surface area (Å²) < 4.78 is 20.8. The van der Waals surface area contributed by atoms with E-state index in [-0.39, 0.29) is 48.4 Å². The Morgan fingerprint density at radius 1 is 1.10 bits per heavy atom. The smallest absolute Gasteiger partial charge is 0.255 e. The molecule has 2 atom stereocenters. The van der Waals surface area contributed by atoms with Crippen LogP contribution in [0.1, 0.15) is 66.1 Å². The van der Waals surface area contributed by atoms with Crippen molar-refractivity contribution in [2.75, 3.05) is 13.1 Å². The SMILES string of the molecule is CC1(C)CN(Cc2ccc(-c3ncon3)cc2)CCC1c1ccc2c(c1F)CN(C1CCC(=O)NC1=O)C2=O. The summed E-state index contributed by atoms with van der Waals surface area (Å²) in [5.74, 6) is -1.00. The average Bonchev–Trinajstić information content (AvgIpc) is 3.54. The van der Waals surface area contributed by atoms with Gasteiger partial charge in [0.1, 0.15) is 11.9 Å². The molecule has 3 aromatic rings. The molecule has 39 heavy (non-hydrogen) atoms. The van der Waals surface area contributed by atoms with Crippen molar-refractivity contribution in [2.24, 2.45) is 5.41 Å². The Bertz CT molecular complexity index is 1440. The van der Waals surface area contributed by atoms with Gasteiger partial charge in [0.25, 0.3) is 5.91 Å². The van der Waals surface area contributed by atoms with Gasteiger partial charge in [0.15, 0.2) is 0 Å². The number of nitrogens with one attached hydrogen (secondary N) is 1. The predicted molar refractivity (Wildman–Crippen MR) is 139 cm³/mol. The monoisotopic (exact) mass is 531 g/mol. The fourth-order valence-corrected chi connectivity index (χ4v) is 6.39. The second-order valence-corrected chi connectivity index (χ2v) is 11.4. The van der Waals surface area contributed by atoms with E-state index in [0.717, 1.165) is 31.6 Å². The average molecular weight is 532 g/mol. The zero-order valence-electron chi connectivity index (χ0n) is 21.9. The third kappa shape index (κ3) is 4.63. The maximum atomic E-state index is 16.0. The lowest BCUT2D eigenvalue weighted by Crippen LogP contribution is -2.52. The minimum atomic E-state index is -0.758. The number of rotatable bonds is 5. The first kappa shape index (κ1) is 25.4. The van der Waals surface area contributed by atoms with Crippen molar-refractivity contribution in [3.05, 3.63) is 70.9 Å². The second kappa shape index (κ2) is 9.68. The van der Waals surface area contributed by atoms with E-state index >= 15 is 4.39 Å². The number of nitrogens with zero attached hydrogens (tertiary/aromatic N) is 4. The van der Waals surface area contributed by atoms with E-state index in [0.29, 0.717) is 22.5 Å². The van der Waals surface area contributed by atoms with E-state index in [2.05, 4.69) is 46.3 Å². The van der Waals surface area contributed by atoms with Crippen molar-refractivity contribution in [1.82, 2.24) is 25.3 Å². The minimum absolute atomic E-state index is 0.0144. The Morgan fingerprint density at radius 3 is 2.59 bits per heavy atom. The van der Waals surface area contributed by atoms with E-state index in [1.165, 1.54) is 16.9 Å². The van der Waals surface area contributed by atoms with Crippen LogP contribution in [0, 0.1) is 11.2 Å². The molecule has 10 heteroatoms. The number of benzene rings is 2. The molecule has 4 heterocycles. The Morgan fingerprint density at radius 2 is 1.90 bits per heavy atom. The molecule has 0 bridgehead atoms. The number of fused-ring (bicyclic) bond motifs is 1. The van der Waals surface area contributed by atoms with Crippen molar-refractivity contribution in [1.29, 1.82) is 0 Å². The number of carbonyl (C=O) groups excluding carboxylic acids is 3. The van der Waals surface area contributed by atoms with Gasteiger partial charge in [0.2, 0.25) is 24.0 Å². The quantitative estimate of drug-likeness (QED) is 0.501. The second-order valence-electron chi connectivity index (χ2n) is 11.4. The highest BCUT2D eigenvalue weighted by atomic mass is 19.1. The summed E-state index contributed by atoms with van der Waals surface area (Å²) in [6.45, 7) is 6.76. The molecule has 1 aromatic heterocycles. The molecular weight excluding hydrogens is 501 g/mol. The topological polar surface area (TPSA) is 109 Å². The first-order valence-electron chi connectivity index (χ1n) is 13.3. The summed E-state index contributed by atoms with van der Waals surface area (Å²) in [7, 11) is 0.